The van der Waals surface area contributed by atoms with E-state index in [9.17, 15) is 0 Å². The smallest absolute Gasteiger partial charge is 0.132 e. The lowest BCUT2D eigenvalue weighted by atomic mass is 10.1. The number of H-pyrrole nitrogens is 1. The first kappa shape index (κ1) is 18.8. The zero-order valence-corrected chi connectivity index (χ0v) is 16.4. The molecule has 1 aliphatic heterocycles. The molecular formula is C22H28N4O2. The van der Waals surface area contributed by atoms with Crippen molar-refractivity contribution in [3.63, 3.8) is 0 Å². The summed E-state index contributed by atoms with van der Waals surface area (Å²) >= 11 is 0. The van der Waals surface area contributed by atoms with E-state index in [1.54, 1.807) is 7.11 Å². The van der Waals surface area contributed by atoms with Crippen LogP contribution in [0.1, 0.15) is 12.8 Å². The maximum atomic E-state index is 5.96. The number of hydrogen-bond donors (Lipinski definition) is 2. The predicted molar refractivity (Wildman–Crippen MR) is 112 cm³/mol. The van der Waals surface area contributed by atoms with Crippen LogP contribution in [0.4, 0.5) is 0 Å². The van der Waals surface area contributed by atoms with Crippen molar-refractivity contribution in [2.45, 2.75) is 12.8 Å². The minimum Gasteiger partial charge on any atom is -0.496 e. The van der Waals surface area contributed by atoms with E-state index in [-0.39, 0.29) is 0 Å². The molecule has 28 heavy (non-hydrogen) atoms. The molecule has 0 spiro atoms. The van der Waals surface area contributed by atoms with Gasteiger partial charge in [0.1, 0.15) is 17.2 Å². The molecule has 0 amide bonds. The number of rotatable bonds is 8. The second-order valence-corrected chi connectivity index (χ2v) is 7.13. The van der Waals surface area contributed by atoms with Crippen molar-refractivity contribution in [3.05, 3.63) is 42.5 Å². The fourth-order valence-corrected chi connectivity index (χ4v) is 3.69. The van der Waals surface area contributed by atoms with E-state index in [2.05, 4.69) is 26.5 Å². The maximum Gasteiger partial charge on any atom is 0.132 e. The molecule has 2 aromatic carbocycles. The van der Waals surface area contributed by atoms with Crippen molar-refractivity contribution in [2.24, 2.45) is 0 Å². The Morgan fingerprint density at radius 1 is 1.07 bits per heavy atom. The molecule has 1 aliphatic rings. The van der Waals surface area contributed by atoms with Gasteiger partial charge >= 0.3 is 0 Å². The maximum absolute atomic E-state index is 5.96. The van der Waals surface area contributed by atoms with E-state index in [0.717, 1.165) is 85.8 Å². The van der Waals surface area contributed by atoms with Gasteiger partial charge in [0.25, 0.3) is 0 Å². The number of ether oxygens (including phenoxy) is 2. The summed E-state index contributed by atoms with van der Waals surface area (Å²) in [7, 11) is 1.69. The number of para-hydroxylation sites is 1. The average Bonchev–Trinajstić information content (AvgIpc) is 3.18. The van der Waals surface area contributed by atoms with Gasteiger partial charge in [-0.1, -0.05) is 18.2 Å². The summed E-state index contributed by atoms with van der Waals surface area (Å²) in [6.07, 6.45) is 2.21. The largest absolute Gasteiger partial charge is 0.496 e. The third-order valence-electron chi connectivity index (χ3n) is 5.25. The first-order valence-corrected chi connectivity index (χ1v) is 10.0. The molecular weight excluding hydrogens is 352 g/mol. The first-order valence-electron chi connectivity index (χ1n) is 10.0. The van der Waals surface area contributed by atoms with E-state index in [4.69, 9.17) is 9.47 Å². The highest BCUT2D eigenvalue weighted by atomic mass is 16.5. The number of aromatic nitrogens is 2. The van der Waals surface area contributed by atoms with E-state index in [1.807, 2.05) is 36.4 Å². The quantitative estimate of drug-likeness (QED) is 0.587. The summed E-state index contributed by atoms with van der Waals surface area (Å²) in [5, 5.41) is 12.0. The Hall–Kier alpha value is -2.57. The van der Waals surface area contributed by atoms with Gasteiger partial charge < -0.3 is 19.7 Å². The standard InChI is InChI=1S/C22H28N4O2/c1-27-21-16-17(28-15-5-4-12-26-13-10-23-11-14-26)8-9-19(21)22-18-6-2-3-7-20(18)24-25-22/h2-3,6-9,16,23H,4-5,10-15H2,1H3,(H,24,25). The third-order valence-corrected chi connectivity index (χ3v) is 5.25. The highest BCUT2D eigenvalue weighted by Gasteiger charge is 2.14. The van der Waals surface area contributed by atoms with E-state index in [0.29, 0.717) is 0 Å². The predicted octanol–water partition coefficient (Wildman–Crippen LogP) is 3.30. The van der Waals surface area contributed by atoms with Gasteiger partial charge in [-0.15, -0.1) is 0 Å². The molecule has 6 nitrogen and oxygen atoms in total. The molecule has 0 bridgehead atoms. The van der Waals surface area contributed by atoms with Crippen LogP contribution >= 0.6 is 0 Å². The molecule has 0 unspecified atom stereocenters. The van der Waals surface area contributed by atoms with Gasteiger partial charge in [-0.25, -0.2) is 0 Å². The van der Waals surface area contributed by atoms with E-state index in [1.165, 1.54) is 0 Å². The SMILES string of the molecule is COc1cc(OCCCCN2CCNCC2)ccc1-c1n[nH]c2ccccc12. The summed E-state index contributed by atoms with van der Waals surface area (Å²) < 4.78 is 11.6. The Morgan fingerprint density at radius 2 is 1.93 bits per heavy atom. The van der Waals surface area contributed by atoms with Gasteiger partial charge in [0, 0.05) is 43.2 Å². The number of piperazine rings is 1. The summed E-state index contributed by atoms with van der Waals surface area (Å²) in [6, 6.07) is 14.1. The Labute approximate surface area is 165 Å². The van der Waals surface area contributed by atoms with Crippen molar-refractivity contribution in [3.8, 4) is 22.8 Å². The number of benzene rings is 2. The van der Waals surface area contributed by atoms with Crippen LogP contribution in [-0.4, -0.2) is 61.5 Å². The van der Waals surface area contributed by atoms with Gasteiger partial charge in [0.2, 0.25) is 0 Å². The van der Waals surface area contributed by atoms with Crippen LogP contribution in [0, 0.1) is 0 Å². The molecule has 6 heteroatoms. The van der Waals surface area contributed by atoms with E-state index >= 15 is 0 Å². The molecule has 148 valence electrons. The van der Waals surface area contributed by atoms with Crippen molar-refractivity contribution in [1.29, 1.82) is 0 Å². The molecule has 2 N–H and O–H groups in total. The van der Waals surface area contributed by atoms with Crippen molar-refractivity contribution in [1.82, 2.24) is 20.4 Å². The molecule has 1 fully saturated rings. The first-order chi connectivity index (χ1) is 13.8. The number of nitrogens with zero attached hydrogens (tertiary/aromatic N) is 2. The van der Waals surface area contributed by atoms with Crippen LogP contribution in [0.15, 0.2) is 42.5 Å². The van der Waals surface area contributed by atoms with Crippen molar-refractivity contribution >= 4 is 10.9 Å². The highest BCUT2D eigenvalue weighted by molar-refractivity contribution is 5.94. The lowest BCUT2D eigenvalue weighted by molar-refractivity contribution is 0.226. The molecule has 3 aromatic rings. The Morgan fingerprint density at radius 3 is 2.79 bits per heavy atom. The molecule has 1 aromatic heterocycles. The monoisotopic (exact) mass is 380 g/mol. The van der Waals surface area contributed by atoms with Crippen molar-refractivity contribution in [2.75, 3.05) is 46.4 Å². The number of methoxy groups -OCH3 is 1. The average molecular weight is 380 g/mol. The molecule has 0 saturated carbocycles. The van der Waals surface area contributed by atoms with Crippen LogP contribution in [0.3, 0.4) is 0 Å². The number of hydrogen-bond acceptors (Lipinski definition) is 5. The molecule has 2 heterocycles. The van der Waals surface area contributed by atoms with Gasteiger partial charge in [-0.3, -0.25) is 5.10 Å². The van der Waals surface area contributed by atoms with Crippen LogP contribution in [-0.2, 0) is 0 Å². The Balaban J connectivity index is 1.36. The van der Waals surface area contributed by atoms with Crippen LogP contribution in [0.5, 0.6) is 11.5 Å². The fraction of sp³-hybridized carbons (Fsp3) is 0.409. The number of aromatic amines is 1. The molecule has 0 atom stereocenters. The lowest BCUT2D eigenvalue weighted by Gasteiger charge is -2.27. The number of nitrogens with one attached hydrogen (secondary N) is 2. The van der Waals surface area contributed by atoms with Crippen LogP contribution < -0.4 is 14.8 Å². The van der Waals surface area contributed by atoms with Gasteiger partial charge in [-0.05, 0) is 37.6 Å². The fourth-order valence-electron chi connectivity index (χ4n) is 3.69. The molecule has 1 saturated heterocycles. The van der Waals surface area contributed by atoms with Gasteiger partial charge in [0.15, 0.2) is 0 Å². The Kier molecular flexibility index (Phi) is 6.09. The van der Waals surface area contributed by atoms with E-state index < -0.39 is 0 Å². The summed E-state index contributed by atoms with van der Waals surface area (Å²) in [5.74, 6) is 1.61. The normalized spacial score (nSPS) is 15.0. The summed E-state index contributed by atoms with van der Waals surface area (Å²) in [4.78, 5) is 2.52. The Bertz CT molecular complexity index is 902. The molecule has 0 radical (unpaired) electrons. The summed E-state index contributed by atoms with van der Waals surface area (Å²) in [6.45, 7) is 6.39. The van der Waals surface area contributed by atoms with Gasteiger partial charge in [-0.2, -0.15) is 5.10 Å². The topological polar surface area (TPSA) is 62.4 Å². The van der Waals surface area contributed by atoms with Crippen LogP contribution in [0.2, 0.25) is 0 Å². The number of unbranched alkanes of at least 4 members (excludes halogenated alkanes) is 1. The zero-order chi connectivity index (χ0) is 19.2. The van der Waals surface area contributed by atoms with Gasteiger partial charge in [0.05, 0.1) is 19.2 Å². The van der Waals surface area contributed by atoms with Crippen LogP contribution in [0.25, 0.3) is 22.2 Å². The second-order valence-electron chi connectivity index (χ2n) is 7.13. The second kappa shape index (κ2) is 9.08. The lowest BCUT2D eigenvalue weighted by Crippen LogP contribution is -2.43. The minimum absolute atomic E-state index is 0.722. The van der Waals surface area contributed by atoms with Crippen molar-refractivity contribution < 1.29 is 9.47 Å². The third kappa shape index (κ3) is 4.29. The minimum atomic E-state index is 0.722. The zero-order valence-electron chi connectivity index (χ0n) is 16.4. The highest BCUT2D eigenvalue weighted by Crippen LogP contribution is 2.35. The molecule has 4 rings (SSSR count). The molecule has 0 aliphatic carbocycles. The number of fused-ring (bicyclic) bond motifs is 1. The summed E-state index contributed by atoms with van der Waals surface area (Å²) in [5.41, 5.74) is 2.88.